The van der Waals surface area contributed by atoms with Gasteiger partial charge in [-0.05, 0) is 17.8 Å². The zero-order chi connectivity index (χ0) is 13.0. The van der Waals surface area contributed by atoms with Crippen LogP contribution in [0.5, 0.6) is 0 Å². The molecular formula is C13H20N4. The van der Waals surface area contributed by atoms with Crippen LogP contribution in [0.2, 0.25) is 0 Å². The van der Waals surface area contributed by atoms with Crippen molar-refractivity contribution < 1.29 is 0 Å². The molecule has 1 fully saturated rings. The van der Waals surface area contributed by atoms with E-state index in [1.807, 2.05) is 14.0 Å². The molecule has 0 saturated heterocycles. The van der Waals surface area contributed by atoms with Gasteiger partial charge in [0.2, 0.25) is 0 Å². The Balaban J connectivity index is 2.31. The van der Waals surface area contributed by atoms with Crippen LogP contribution in [0.1, 0.15) is 39.0 Å². The topological polar surface area (TPSA) is 53.6 Å². The minimum absolute atomic E-state index is 0.248. The minimum Gasteiger partial charge on any atom is -0.365 e. The van der Waals surface area contributed by atoms with Gasteiger partial charge in [0.15, 0.2) is 0 Å². The summed E-state index contributed by atoms with van der Waals surface area (Å²) in [6, 6.07) is 2.61. The van der Waals surface area contributed by atoms with Crippen molar-refractivity contribution in [3.63, 3.8) is 0 Å². The number of anilines is 1. The lowest BCUT2D eigenvalue weighted by Gasteiger charge is -2.08. The predicted octanol–water partition coefficient (Wildman–Crippen LogP) is 2.45. The fraction of sp³-hybridized carbons (Fsp3) is 0.692. The van der Waals surface area contributed by atoms with Crippen molar-refractivity contribution in [2.24, 2.45) is 17.9 Å². The third-order valence-electron chi connectivity index (χ3n) is 4.64. The lowest BCUT2D eigenvalue weighted by Crippen LogP contribution is -2.14. The minimum atomic E-state index is 0.248. The van der Waals surface area contributed by atoms with Crippen molar-refractivity contribution in [3.8, 4) is 6.07 Å². The van der Waals surface area contributed by atoms with Gasteiger partial charge in [-0.15, -0.1) is 0 Å². The zero-order valence-corrected chi connectivity index (χ0v) is 11.4. The van der Waals surface area contributed by atoms with E-state index in [2.05, 4.69) is 44.2 Å². The predicted molar refractivity (Wildman–Crippen MR) is 67.6 cm³/mol. The summed E-state index contributed by atoms with van der Waals surface area (Å²) in [4.78, 5) is 0. The number of hydrogen-bond acceptors (Lipinski definition) is 3. The number of rotatable bonds is 2. The summed E-state index contributed by atoms with van der Waals surface area (Å²) < 4.78 is 1.76. The summed E-state index contributed by atoms with van der Waals surface area (Å²) in [6.07, 6.45) is 0. The maximum Gasteiger partial charge on any atom is 0.142 e. The highest BCUT2D eigenvalue weighted by Crippen LogP contribution is 2.63. The largest absolute Gasteiger partial charge is 0.365 e. The van der Waals surface area contributed by atoms with Crippen LogP contribution in [0.4, 0.5) is 5.82 Å². The number of nitriles is 1. The van der Waals surface area contributed by atoms with E-state index in [-0.39, 0.29) is 10.8 Å². The van der Waals surface area contributed by atoms with Crippen molar-refractivity contribution in [2.75, 3.05) is 5.32 Å². The molecule has 1 aromatic heterocycles. The van der Waals surface area contributed by atoms with Gasteiger partial charge in [0, 0.05) is 13.1 Å². The first kappa shape index (κ1) is 12.0. The van der Waals surface area contributed by atoms with Crippen LogP contribution in [-0.2, 0) is 7.05 Å². The molecule has 4 heteroatoms. The quantitative estimate of drug-likeness (QED) is 0.852. The Kier molecular flexibility index (Phi) is 2.29. The van der Waals surface area contributed by atoms with Crippen LogP contribution in [0.15, 0.2) is 0 Å². The van der Waals surface area contributed by atoms with E-state index in [9.17, 15) is 0 Å². The van der Waals surface area contributed by atoms with Crippen molar-refractivity contribution in [1.29, 1.82) is 5.26 Å². The number of hydrogen-bond donors (Lipinski definition) is 1. The summed E-state index contributed by atoms with van der Waals surface area (Å²) in [7, 11) is 1.87. The molecule has 1 aromatic rings. The Morgan fingerprint density at radius 1 is 1.29 bits per heavy atom. The van der Waals surface area contributed by atoms with E-state index in [0.717, 1.165) is 11.5 Å². The van der Waals surface area contributed by atoms with E-state index < -0.39 is 0 Å². The average molecular weight is 232 g/mol. The Hall–Kier alpha value is -1.50. The number of nitrogens with one attached hydrogen (secondary N) is 1. The third kappa shape index (κ3) is 1.45. The first-order valence-corrected chi connectivity index (χ1v) is 5.93. The lowest BCUT2D eigenvalue weighted by atomic mass is 10.0. The average Bonchev–Trinajstić information content (AvgIpc) is 2.49. The van der Waals surface area contributed by atoms with Crippen LogP contribution in [0.3, 0.4) is 0 Å². The highest BCUT2D eigenvalue weighted by molar-refractivity contribution is 5.57. The second-order valence-electron chi connectivity index (χ2n) is 6.07. The SMILES string of the molecule is Cc1nn(C)c(NC2C(C)(C)C2(C)C)c1C#N. The van der Waals surface area contributed by atoms with E-state index in [0.29, 0.717) is 11.6 Å². The molecule has 92 valence electrons. The van der Waals surface area contributed by atoms with Gasteiger partial charge >= 0.3 is 0 Å². The highest BCUT2D eigenvalue weighted by Gasteiger charge is 2.65. The molecule has 0 aliphatic heterocycles. The molecule has 0 unspecified atom stereocenters. The third-order valence-corrected chi connectivity index (χ3v) is 4.64. The summed E-state index contributed by atoms with van der Waals surface area (Å²) in [5.74, 6) is 0.841. The van der Waals surface area contributed by atoms with Crippen LogP contribution in [-0.4, -0.2) is 15.8 Å². The fourth-order valence-corrected chi connectivity index (χ4v) is 2.65. The molecule has 0 atom stereocenters. The Bertz CT molecular complexity index is 488. The maximum atomic E-state index is 9.16. The molecule has 1 heterocycles. The molecule has 0 spiro atoms. The standard InChI is InChI=1S/C13H20N4/c1-8-9(7-14)10(17(6)16-8)15-11-12(2,3)13(11,4)5/h11,15H,1-6H3. The van der Waals surface area contributed by atoms with Crippen LogP contribution < -0.4 is 5.32 Å². The molecule has 0 amide bonds. The smallest absolute Gasteiger partial charge is 0.142 e. The Labute approximate surface area is 103 Å². The molecule has 0 aromatic carbocycles. The van der Waals surface area contributed by atoms with Gasteiger partial charge in [0.25, 0.3) is 0 Å². The zero-order valence-electron chi connectivity index (χ0n) is 11.4. The Morgan fingerprint density at radius 3 is 2.24 bits per heavy atom. The van der Waals surface area contributed by atoms with Crippen LogP contribution in [0, 0.1) is 29.1 Å². The normalized spacial score (nSPS) is 21.0. The molecule has 1 N–H and O–H groups in total. The maximum absolute atomic E-state index is 9.16. The van der Waals surface area contributed by atoms with E-state index in [1.165, 1.54) is 0 Å². The lowest BCUT2D eigenvalue weighted by molar-refractivity contribution is 0.457. The molecule has 0 bridgehead atoms. The molecule has 1 saturated carbocycles. The molecule has 2 rings (SSSR count). The van der Waals surface area contributed by atoms with E-state index >= 15 is 0 Å². The molecular weight excluding hydrogens is 212 g/mol. The summed E-state index contributed by atoms with van der Waals surface area (Å²) in [5.41, 5.74) is 1.94. The molecule has 0 radical (unpaired) electrons. The van der Waals surface area contributed by atoms with Gasteiger partial charge in [-0.1, -0.05) is 27.7 Å². The highest BCUT2D eigenvalue weighted by atomic mass is 15.3. The van der Waals surface area contributed by atoms with E-state index in [4.69, 9.17) is 5.26 Å². The second kappa shape index (κ2) is 3.25. The first-order chi connectivity index (χ1) is 7.73. The van der Waals surface area contributed by atoms with Gasteiger partial charge in [-0.3, -0.25) is 4.68 Å². The fourth-order valence-electron chi connectivity index (χ4n) is 2.65. The van der Waals surface area contributed by atoms with E-state index in [1.54, 1.807) is 4.68 Å². The second-order valence-corrected chi connectivity index (χ2v) is 6.07. The van der Waals surface area contributed by atoms with Crippen molar-refractivity contribution in [2.45, 2.75) is 40.7 Å². The summed E-state index contributed by atoms with van der Waals surface area (Å²) >= 11 is 0. The van der Waals surface area contributed by atoms with Gasteiger partial charge in [0.05, 0.1) is 5.69 Å². The van der Waals surface area contributed by atoms with Gasteiger partial charge in [0.1, 0.15) is 17.5 Å². The van der Waals surface area contributed by atoms with Gasteiger partial charge < -0.3 is 5.32 Å². The number of aryl methyl sites for hydroxylation is 2. The number of aromatic nitrogens is 2. The summed E-state index contributed by atoms with van der Waals surface area (Å²) in [5, 5.41) is 16.9. The van der Waals surface area contributed by atoms with Crippen molar-refractivity contribution in [3.05, 3.63) is 11.3 Å². The van der Waals surface area contributed by atoms with Gasteiger partial charge in [-0.2, -0.15) is 10.4 Å². The molecule has 4 nitrogen and oxygen atoms in total. The number of nitrogens with zero attached hydrogens (tertiary/aromatic N) is 3. The summed E-state index contributed by atoms with van der Waals surface area (Å²) in [6.45, 7) is 10.9. The Morgan fingerprint density at radius 2 is 1.82 bits per heavy atom. The monoisotopic (exact) mass is 232 g/mol. The molecule has 1 aliphatic rings. The molecule has 17 heavy (non-hydrogen) atoms. The van der Waals surface area contributed by atoms with Gasteiger partial charge in [-0.25, -0.2) is 0 Å². The molecule has 1 aliphatic carbocycles. The van der Waals surface area contributed by atoms with Crippen molar-refractivity contribution >= 4 is 5.82 Å². The van der Waals surface area contributed by atoms with Crippen molar-refractivity contribution in [1.82, 2.24) is 9.78 Å². The van der Waals surface area contributed by atoms with Crippen LogP contribution in [0.25, 0.3) is 0 Å². The van der Waals surface area contributed by atoms with Crippen LogP contribution >= 0.6 is 0 Å². The first-order valence-electron chi connectivity index (χ1n) is 5.93.